The molecule has 2 heterocycles. The summed E-state index contributed by atoms with van der Waals surface area (Å²) in [7, 11) is 0. The number of aromatic amines is 1. The molecule has 0 aliphatic carbocycles. The molecule has 5 heteroatoms. The van der Waals surface area contributed by atoms with E-state index in [-0.39, 0.29) is 16.9 Å². The average Bonchev–Trinajstić information content (AvgIpc) is 2.60. The molecule has 0 radical (unpaired) electrons. The lowest BCUT2D eigenvalue weighted by atomic mass is 9.87. The van der Waals surface area contributed by atoms with Gasteiger partial charge in [-0.25, -0.2) is 4.98 Å². The Kier molecular flexibility index (Phi) is 2.80. The quantitative estimate of drug-likeness (QED) is 0.798. The normalized spacial score (nSPS) is 12.2. The Labute approximate surface area is 102 Å². The van der Waals surface area contributed by atoms with Crippen LogP contribution in [0.2, 0.25) is 0 Å². The van der Waals surface area contributed by atoms with Gasteiger partial charge in [0.1, 0.15) is 10.7 Å². The number of nitrogens with zero attached hydrogens (tertiary/aromatic N) is 1. The minimum atomic E-state index is -0.0909. The van der Waals surface area contributed by atoms with Gasteiger partial charge in [0.25, 0.3) is 5.56 Å². The van der Waals surface area contributed by atoms with E-state index in [9.17, 15) is 4.79 Å². The van der Waals surface area contributed by atoms with Crippen LogP contribution in [0.15, 0.2) is 10.2 Å². The number of fused-ring (bicyclic) bond motifs is 1. The van der Waals surface area contributed by atoms with E-state index in [0.29, 0.717) is 11.2 Å². The van der Waals surface area contributed by atoms with Crippen LogP contribution in [-0.2, 0) is 11.3 Å². The second kappa shape index (κ2) is 3.86. The van der Waals surface area contributed by atoms with E-state index >= 15 is 0 Å². The van der Waals surface area contributed by atoms with E-state index in [4.69, 9.17) is 11.6 Å². The summed E-state index contributed by atoms with van der Waals surface area (Å²) >= 11 is 7.16. The lowest BCUT2D eigenvalue weighted by molar-refractivity contribution is 0.597. The van der Waals surface area contributed by atoms with Crippen molar-refractivity contribution in [1.82, 2.24) is 9.97 Å². The molecule has 2 aromatic heterocycles. The van der Waals surface area contributed by atoms with Gasteiger partial charge in [0.15, 0.2) is 0 Å². The minimum absolute atomic E-state index is 0.0462. The summed E-state index contributed by atoms with van der Waals surface area (Å²) < 4.78 is 0. The van der Waals surface area contributed by atoms with E-state index in [2.05, 4.69) is 30.7 Å². The zero-order valence-corrected chi connectivity index (χ0v) is 11.0. The van der Waals surface area contributed by atoms with Crippen molar-refractivity contribution in [3.63, 3.8) is 0 Å². The first-order chi connectivity index (χ1) is 7.43. The van der Waals surface area contributed by atoms with Crippen molar-refractivity contribution in [2.45, 2.75) is 32.1 Å². The molecule has 0 unspecified atom stereocenters. The van der Waals surface area contributed by atoms with Crippen LogP contribution in [0.3, 0.4) is 0 Å². The third kappa shape index (κ3) is 1.87. The number of aromatic nitrogens is 2. The zero-order chi connectivity index (χ0) is 11.9. The van der Waals surface area contributed by atoms with Crippen molar-refractivity contribution >= 4 is 33.2 Å². The molecule has 1 N–H and O–H groups in total. The highest BCUT2D eigenvalue weighted by Gasteiger charge is 2.21. The maximum absolute atomic E-state index is 11.9. The Morgan fingerprint density at radius 1 is 1.50 bits per heavy atom. The van der Waals surface area contributed by atoms with Crippen LogP contribution in [-0.4, -0.2) is 9.97 Å². The summed E-state index contributed by atoms with van der Waals surface area (Å²) in [5.74, 6) is 0.759. The van der Waals surface area contributed by atoms with Crippen molar-refractivity contribution < 1.29 is 0 Å². The second-order valence-corrected chi connectivity index (χ2v) is 5.85. The van der Waals surface area contributed by atoms with E-state index in [0.717, 1.165) is 10.4 Å². The summed E-state index contributed by atoms with van der Waals surface area (Å²) in [4.78, 5) is 19.7. The van der Waals surface area contributed by atoms with Crippen LogP contribution in [0.5, 0.6) is 0 Å². The van der Waals surface area contributed by atoms with Gasteiger partial charge in [-0.05, 0) is 16.4 Å². The molecular weight excluding hydrogens is 244 g/mol. The molecule has 0 aromatic carbocycles. The van der Waals surface area contributed by atoms with Gasteiger partial charge in [0.05, 0.1) is 11.3 Å². The van der Waals surface area contributed by atoms with Gasteiger partial charge in [0, 0.05) is 0 Å². The van der Waals surface area contributed by atoms with Gasteiger partial charge >= 0.3 is 0 Å². The van der Waals surface area contributed by atoms with Crippen molar-refractivity contribution in [2.24, 2.45) is 0 Å². The number of halogens is 1. The predicted octanol–water partition coefficient (Wildman–Crippen LogP) is 3.02. The van der Waals surface area contributed by atoms with Gasteiger partial charge in [-0.1, -0.05) is 20.8 Å². The molecule has 0 fully saturated rings. The topological polar surface area (TPSA) is 45.8 Å². The van der Waals surface area contributed by atoms with Crippen LogP contribution in [0, 0.1) is 0 Å². The fourth-order valence-electron chi connectivity index (χ4n) is 1.61. The van der Waals surface area contributed by atoms with Gasteiger partial charge in [0.2, 0.25) is 0 Å². The fourth-order valence-corrected chi connectivity index (χ4v) is 2.92. The highest BCUT2D eigenvalue weighted by atomic mass is 35.5. The molecule has 2 aromatic rings. The maximum atomic E-state index is 11.9. The lowest BCUT2D eigenvalue weighted by Gasteiger charge is -2.16. The molecule has 0 aliphatic rings. The molecule has 2 rings (SSSR count). The number of thiophene rings is 1. The summed E-state index contributed by atoms with van der Waals surface area (Å²) in [6, 6.07) is 0. The van der Waals surface area contributed by atoms with Gasteiger partial charge in [-0.15, -0.1) is 22.9 Å². The third-order valence-corrected chi connectivity index (χ3v) is 3.55. The van der Waals surface area contributed by atoms with E-state index < -0.39 is 0 Å². The number of hydrogen-bond donors (Lipinski definition) is 1. The molecule has 3 nitrogen and oxygen atoms in total. The first kappa shape index (κ1) is 11.6. The van der Waals surface area contributed by atoms with Crippen LogP contribution >= 0.6 is 22.9 Å². The Morgan fingerprint density at radius 3 is 2.75 bits per heavy atom. The minimum Gasteiger partial charge on any atom is -0.309 e. The molecule has 0 amide bonds. The Bertz CT molecular complexity index is 580. The molecule has 0 saturated carbocycles. The second-order valence-electron chi connectivity index (χ2n) is 4.73. The summed E-state index contributed by atoms with van der Waals surface area (Å²) in [6.45, 7) is 6.26. The fraction of sp³-hybridized carbons (Fsp3) is 0.455. The molecule has 0 aliphatic heterocycles. The van der Waals surface area contributed by atoms with Crippen molar-refractivity contribution in [1.29, 1.82) is 0 Å². The first-order valence-electron chi connectivity index (χ1n) is 5.00. The Balaban J connectivity index is 2.79. The van der Waals surface area contributed by atoms with Crippen LogP contribution in [0.25, 0.3) is 10.2 Å². The lowest BCUT2D eigenvalue weighted by Crippen LogP contribution is -2.17. The van der Waals surface area contributed by atoms with Crippen molar-refractivity contribution in [3.8, 4) is 0 Å². The van der Waals surface area contributed by atoms with Crippen molar-refractivity contribution in [2.75, 3.05) is 0 Å². The van der Waals surface area contributed by atoms with Crippen molar-refractivity contribution in [3.05, 3.63) is 27.1 Å². The van der Waals surface area contributed by atoms with Crippen LogP contribution < -0.4 is 5.56 Å². The maximum Gasteiger partial charge on any atom is 0.259 e. The third-order valence-electron chi connectivity index (χ3n) is 2.43. The van der Waals surface area contributed by atoms with E-state index in [1.165, 1.54) is 11.3 Å². The molecule has 0 saturated heterocycles. The standard InChI is InChI=1S/C11H13ClN2OS/c1-11(2,3)6-5-16-10-8(6)9(15)13-7(4-12)14-10/h5H,4H2,1-3H3,(H,13,14,15). The monoisotopic (exact) mass is 256 g/mol. The zero-order valence-electron chi connectivity index (χ0n) is 9.43. The SMILES string of the molecule is CC(C)(C)c1csc2nc(CCl)[nH]c(=O)c12. The smallest absolute Gasteiger partial charge is 0.259 e. The molecule has 0 atom stereocenters. The molecule has 0 bridgehead atoms. The Morgan fingerprint density at radius 2 is 2.19 bits per heavy atom. The van der Waals surface area contributed by atoms with Gasteiger partial charge in [-0.3, -0.25) is 4.79 Å². The molecule has 16 heavy (non-hydrogen) atoms. The average molecular weight is 257 g/mol. The Hall–Kier alpha value is -0.870. The number of rotatable bonds is 1. The van der Waals surface area contributed by atoms with Gasteiger partial charge in [-0.2, -0.15) is 0 Å². The number of alkyl halides is 1. The molecular formula is C11H13ClN2OS. The van der Waals surface area contributed by atoms with E-state index in [1.807, 2.05) is 5.38 Å². The molecule has 86 valence electrons. The van der Waals surface area contributed by atoms with Crippen LogP contribution in [0.1, 0.15) is 32.2 Å². The van der Waals surface area contributed by atoms with Crippen LogP contribution in [0.4, 0.5) is 0 Å². The summed E-state index contributed by atoms with van der Waals surface area (Å²) in [5, 5.41) is 2.71. The summed E-state index contributed by atoms with van der Waals surface area (Å²) in [5.41, 5.74) is 0.907. The largest absolute Gasteiger partial charge is 0.309 e. The number of H-pyrrole nitrogens is 1. The molecule has 0 spiro atoms. The first-order valence-corrected chi connectivity index (χ1v) is 6.41. The van der Waals surface area contributed by atoms with Gasteiger partial charge < -0.3 is 4.98 Å². The predicted molar refractivity (Wildman–Crippen MR) is 68.5 cm³/mol. The highest BCUT2D eigenvalue weighted by molar-refractivity contribution is 7.16. The highest BCUT2D eigenvalue weighted by Crippen LogP contribution is 2.31. The number of hydrogen-bond acceptors (Lipinski definition) is 3. The number of nitrogens with one attached hydrogen (secondary N) is 1. The summed E-state index contributed by atoms with van der Waals surface area (Å²) in [6.07, 6.45) is 0. The van der Waals surface area contributed by atoms with E-state index in [1.54, 1.807) is 0 Å².